The topological polar surface area (TPSA) is 15.6 Å². The van der Waals surface area contributed by atoms with Crippen molar-refractivity contribution in [2.24, 2.45) is 4.99 Å². The molecule has 0 unspecified atom stereocenters. The third-order valence-corrected chi connectivity index (χ3v) is 6.32. The number of hydrogen-bond acceptors (Lipinski definition) is 3. The molecule has 162 valence electrons. The number of aliphatic imine (C=N–C) groups is 1. The maximum atomic E-state index is 4.84. The van der Waals surface area contributed by atoms with E-state index in [1.54, 1.807) is 0 Å². The molecule has 31 heavy (non-hydrogen) atoms. The summed E-state index contributed by atoms with van der Waals surface area (Å²) in [7, 11) is 2.14. The quantitative estimate of drug-likeness (QED) is 0.370. The van der Waals surface area contributed by atoms with Crippen molar-refractivity contribution in [2.45, 2.75) is 17.6 Å². The van der Waals surface area contributed by atoms with Gasteiger partial charge in [0.05, 0.1) is 12.3 Å². The van der Waals surface area contributed by atoms with E-state index in [0.29, 0.717) is 0 Å². The summed E-state index contributed by atoms with van der Waals surface area (Å²) in [5.41, 5.74) is 7.40. The van der Waals surface area contributed by atoms with Gasteiger partial charge in [0.2, 0.25) is 0 Å². The second kappa shape index (κ2) is 12.0. The van der Waals surface area contributed by atoms with Crippen LogP contribution < -0.4 is 4.90 Å². The Balaban J connectivity index is 0.00000171. The molecule has 0 atom stereocenters. The van der Waals surface area contributed by atoms with E-state index in [1.807, 2.05) is 11.8 Å². The summed E-state index contributed by atoms with van der Waals surface area (Å²) >= 11 is 1.88. The van der Waals surface area contributed by atoms with Gasteiger partial charge in [-0.2, -0.15) is 0 Å². The molecular weight excluding hydrogens is 443 g/mol. The fraction of sp³-hybridized carbons (Fsp3) is 0.192. The number of benzene rings is 3. The average Bonchev–Trinajstić information content (AvgIpc) is 2.91. The van der Waals surface area contributed by atoms with Gasteiger partial charge < -0.3 is 4.90 Å². The number of para-hydroxylation sites is 1. The van der Waals surface area contributed by atoms with Crippen LogP contribution in [-0.4, -0.2) is 25.8 Å². The minimum absolute atomic E-state index is 0. The Kier molecular flexibility index (Phi) is 9.70. The zero-order chi connectivity index (χ0) is 20.1. The fourth-order valence-corrected chi connectivity index (χ4v) is 4.45. The predicted molar refractivity (Wildman–Crippen MR) is 142 cm³/mol. The van der Waals surface area contributed by atoms with Crippen molar-refractivity contribution in [3.05, 3.63) is 101 Å². The Labute approximate surface area is 202 Å². The Morgan fingerprint density at radius 1 is 0.903 bits per heavy atom. The Hall–Kier alpha value is -2.20. The van der Waals surface area contributed by atoms with Crippen LogP contribution >= 0.6 is 36.6 Å². The Bertz CT molecular complexity index is 1050. The molecule has 5 heteroatoms. The molecule has 0 saturated heterocycles. The van der Waals surface area contributed by atoms with Crippen molar-refractivity contribution < 1.29 is 0 Å². The van der Waals surface area contributed by atoms with Gasteiger partial charge in [-0.05, 0) is 36.3 Å². The van der Waals surface area contributed by atoms with E-state index in [0.717, 1.165) is 24.6 Å². The van der Waals surface area contributed by atoms with Crippen molar-refractivity contribution in [2.75, 3.05) is 25.0 Å². The van der Waals surface area contributed by atoms with Crippen LogP contribution in [0.3, 0.4) is 0 Å². The first kappa shape index (κ1) is 25.1. The van der Waals surface area contributed by atoms with Crippen LogP contribution in [0.4, 0.5) is 5.69 Å². The third-order valence-electron chi connectivity index (χ3n) is 5.16. The van der Waals surface area contributed by atoms with Gasteiger partial charge in [-0.15, -0.1) is 36.6 Å². The first-order valence-corrected chi connectivity index (χ1v) is 11.0. The van der Waals surface area contributed by atoms with Crippen LogP contribution in [0.5, 0.6) is 0 Å². The molecule has 0 saturated carbocycles. The lowest BCUT2D eigenvalue weighted by Crippen LogP contribution is -2.20. The number of allylic oxidation sites excluding steroid dienone is 1. The van der Waals surface area contributed by atoms with Crippen molar-refractivity contribution in [3.63, 3.8) is 0 Å². The summed E-state index contributed by atoms with van der Waals surface area (Å²) in [6.07, 6.45) is 4.38. The number of fused-ring (bicyclic) bond motifs is 1. The number of aryl methyl sites for hydroxylation is 1. The lowest BCUT2D eigenvalue weighted by atomic mass is 10.1. The summed E-state index contributed by atoms with van der Waals surface area (Å²) in [6.45, 7) is 3.88. The molecule has 0 radical (unpaired) electrons. The second-order valence-corrected chi connectivity index (χ2v) is 8.37. The maximum absolute atomic E-state index is 4.84. The van der Waals surface area contributed by atoms with E-state index >= 15 is 0 Å². The lowest BCUT2D eigenvalue weighted by Gasteiger charge is -2.18. The van der Waals surface area contributed by atoms with Gasteiger partial charge in [-0.25, -0.2) is 0 Å². The van der Waals surface area contributed by atoms with E-state index in [1.165, 1.54) is 32.8 Å². The highest BCUT2D eigenvalue weighted by atomic mass is 35.5. The summed E-state index contributed by atoms with van der Waals surface area (Å²) in [5, 5.41) is 0. The van der Waals surface area contributed by atoms with Crippen LogP contribution in [0.1, 0.15) is 22.3 Å². The maximum Gasteiger partial charge on any atom is 0.0668 e. The molecule has 0 fully saturated rings. The first-order valence-electron chi connectivity index (χ1n) is 10.0. The van der Waals surface area contributed by atoms with Gasteiger partial charge in [0.25, 0.3) is 0 Å². The SMILES string of the molecule is Cc1ccc(CSc2ccccc2C=CC2=NCCN(C)c3ccccc32)cc1.Cl.Cl. The number of anilines is 1. The number of benzodiazepines with no additional fused rings is 1. The molecule has 1 aliphatic rings. The zero-order valence-corrected chi connectivity index (χ0v) is 20.3. The molecule has 4 rings (SSSR count). The molecule has 0 N–H and O–H groups in total. The van der Waals surface area contributed by atoms with Crippen molar-refractivity contribution in [1.82, 2.24) is 0 Å². The molecular formula is C26H28Cl2N2S. The standard InChI is InChI=1S/C26H26N2S.2ClH/c1-20-11-13-21(14-12-20)19-29-26-10-6-3-7-22(26)15-16-24-23-8-4-5-9-25(23)28(2)18-17-27-24;;/h3-16H,17-19H2,1-2H3;2*1H. The second-order valence-electron chi connectivity index (χ2n) is 7.35. The summed E-state index contributed by atoms with van der Waals surface area (Å²) in [6, 6.07) is 25.9. The first-order chi connectivity index (χ1) is 14.2. The van der Waals surface area contributed by atoms with Crippen molar-refractivity contribution >= 4 is 54.1 Å². The molecule has 1 heterocycles. The van der Waals surface area contributed by atoms with E-state index in [-0.39, 0.29) is 24.8 Å². The van der Waals surface area contributed by atoms with Crippen LogP contribution in [0, 0.1) is 6.92 Å². The van der Waals surface area contributed by atoms with Gasteiger partial charge in [0.15, 0.2) is 0 Å². The molecule has 3 aromatic rings. The highest BCUT2D eigenvalue weighted by molar-refractivity contribution is 7.98. The predicted octanol–water partition coefficient (Wildman–Crippen LogP) is 7.08. The van der Waals surface area contributed by atoms with Crippen LogP contribution in [0.15, 0.2) is 88.8 Å². The number of nitrogens with zero attached hydrogens (tertiary/aromatic N) is 2. The van der Waals surface area contributed by atoms with Crippen LogP contribution in [-0.2, 0) is 5.75 Å². The molecule has 0 spiro atoms. The van der Waals surface area contributed by atoms with Gasteiger partial charge >= 0.3 is 0 Å². The van der Waals surface area contributed by atoms with Gasteiger partial charge in [-0.3, -0.25) is 4.99 Å². The van der Waals surface area contributed by atoms with E-state index in [4.69, 9.17) is 4.99 Å². The minimum Gasteiger partial charge on any atom is -0.372 e. The number of hydrogen-bond donors (Lipinski definition) is 0. The van der Waals surface area contributed by atoms with Crippen molar-refractivity contribution in [1.29, 1.82) is 0 Å². The van der Waals surface area contributed by atoms with E-state index < -0.39 is 0 Å². The molecule has 0 aliphatic carbocycles. The molecule has 3 aromatic carbocycles. The minimum atomic E-state index is 0. The molecule has 2 nitrogen and oxygen atoms in total. The summed E-state index contributed by atoms with van der Waals surface area (Å²) in [4.78, 5) is 8.42. The zero-order valence-electron chi connectivity index (χ0n) is 17.8. The summed E-state index contributed by atoms with van der Waals surface area (Å²) in [5.74, 6) is 0.972. The van der Waals surface area contributed by atoms with Crippen LogP contribution in [0.2, 0.25) is 0 Å². The van der Waals surface area contributed by atoms with E-state index in [2.05, 4.69) is 104 Å². The lowest BCUT2D eigenvalue weighted by molar-refractivity contribution is 0.897. The smallest absolute Gasteiger partial charge is 0.0668 e. The highest BCUT2D eigenvalue weighted by Crippen LogP contribution is 2.28. The number of halogens is 2. The van der Waals surface area contributed by atoms with Gasteiger partial charge in [0.1, 0.15) is 0 Å². The molecule has 0 bridgehead atoms. The number of rotatable bonds is 5. The Morgan fingerprint density at radius 3 is 2.42 bits per heavy atom. The number of likely N-dealkylation sites (N-methyl/N-ethyl adjacent to an activating group) is 1. The van der Waals surface area contributed by atoms with Gasteiger partial charge in [-0.1, -0.05) is 72.3 Å². The van der Waals surface area contributed by atoms with E-state index in [9.17, 15) is 0 Å². The largest absolute Gasteiger partial charge is 0.372 e. The number of thioether (sulfide) groups is 1. The highest BCUT2D eigenvalue weighted by Gasteiger charge is 2.13. The van der Waals surface area contributed by atoms with Crippen LogP contribution in [0.25, 0.3) is 6.08 Å². The summed E-state index contributed by atoms with van der Waals surface area (Å²) < 4.78 is 0. The molecule has 1 aliphatic heterocycles. The third kappa shape index (κ3) is 6.39. The fourth-order valence-electron chi connectivity index (χ4n) is 3.46. The Morgan fingerprint density at radius 2 is 1.61 bits per heavy atom. The monoisotopic (exact) mass is 470 g/mol. The molecule has 0 amide bonds. The van der Waals surface area contributed by atoms with Crippen molar-refractivity contribution in [3.8, 4) is 0 Å². The van der Waals surface area contributed by atoms with Gasteiger partial charge in [0, 0.05) is 35.5 Å². The molecule has 0 aromatic heterocycles. The average molecular weight is 471 g/mol. The normalized spacial score (nSPS) is 13.0.